The fourth-order valence-electron chi connectivity index (χ4n) is 5.21. The molecular formula is C19H24N2O2. The molecule has 0 aliphatic heterocycles. The Morgan fingerprint density at radius 1 is 1.17 bits per heavy atom. The number of nitrogens with zero attached hydrogens (tertiary/aromatic N) is 1. The Morgan fingerprint density at radius 3 is 2.70 bits per heavy atom. The molecule has 4 rings (SSSR count). The van der Waals surface area contributed by atoms with Gasteiger partial charge in [0.2, 0.25) is 0 Å². The number of hydrazone groups is 1. The summed E-state index contributed by atoms with van der Waals surface area (Å²) in [7, 11) is 0. The maximum atomic E-state index is 12.2. The minimum absolute atomic E-state index is 0.00457. The number of phenols is 1. The third kappa shape index (κ3) is 2.54. The summed E-state index contributed by atoms with van der Waals surface area (Å²) in [5.74, 6) is 3.61. The third-order valence-corrected chi connectivity index (χ3v) is 6.36. The molecule has 0 heterocycles. The molecule has 3 fully saturated rings. The van der Waals surface area contributed by atoms with Crippen LogP contribution >= 0.6 is 0 Å². The Labute approximate surface area is 137 Å². The smallest absolute Gasteiger partial charge is 0.275 e. The lowest BCUT2D eigenvalue weighted by Crippen LogP contribution is -2.36. The first-order valence-electron chi connectivity index (χ1n) is 8.78. The summed E-state index contributed by atoms with van der Waals surface area (Å²) < 4.78 is 0. The van der Waals surface area contributed by atoms with Crippen LogP contribution in [0.2, 0.25) is 0 Å². The SMILES string of the molecule is C[C@H]1C[C@H]2[C@@H]3CC[C@H](C3)[C@@H]2CC1=NNC(=O)c1ccccc1O. The summed E-state index contributed by atoms with van der Waals surface area (Å²) in [4.78, 5) is 12.2. The number of amides is 1. The van der Waals surface area contributed by atoms with Gasteiger partial charge in [-0.05, 0) is 73.8 Å². The van der Waals surface area contributed by atoms with E-state index in [-0.39, 0.29) is 17.2 Å². The maximum Gasteiger partial charge on any atom is 0.275 e. The van der Waals surface area contributed by atoms with Gasteiger partial charge in [-0.25, -0.2) is 5.43 Å². The second-order valence-corrected chi connectivity index (χ2v) is 7.56. The number of hydrogen-bond donors (Lipinski definition) is 2. The molecule has 0 spiro atoms. The maximum absolute atomic E-state index is 12.2. The topological polar surface area (TPSA) is 61.7 Å². The lowest BCUT2D eigenvalue weighted by atomic mass is 9.67. The molecule has 2 bridgehead atoms. The molecular weight excluding hydrogens is 288 g/mol. The molecule has 3 aliphatic carbocycles. The summed E-state index contributed by atoms with van der Waals surface area (Å²) in [5, 5.41) is 14.2. The number of para-hydroxylation sites is 1. The average Bonchev–Trinajstić information content (AvgIpc) is 3.14. The predicted octanol–water partition coefficient (Wildman–Crippen LogP) is 3.57. The minimum Gasteiger partial charge on any atom is -0.507 e. The number of hydrogen-bond acceptors (Lipinski definition) is 3. The lowest BCUT2D eigenvalue weighted by molar-refractivity contribution is 0.0951. The van der Waals surface area contributed by atoms with E-state index in [1.807, 2.05) is 0 Å². The van der Waals surface area contributed by atoms with Crippen LogP contribution in [0.15, 0.2) is 29.4 Å². The van der Waals surface area contributed by atoms with Crippen LogP contribution in [0.1, 0.15) is 49.4 Å². The second-order valence-electron chi connectivity index (χ2n) is 7.56. The third-order valence-electron chi connectivity index (χ3n) is 6.36. The van der Waals surface area contributed by atoms with E-state index >= 15 is 0 Å². The van der Waals surface area contributed by atoms with Gasteiger partial charge in [-0.1, -0.05) is 19.1 Å². The van der Waals surface area contributed by atoms with E-state index in [4.69, 9.17) is 0 Å². The highest BCUT2D eigenvalue weighted by Gasteiger charge is 2.50. The van der Waals surface area contributed by atoms with Crippen LogP contribution in [0.25, 0.3) is 0 Å². The van der Waals surface area contributed by atoms with Gasteiger partial charge < -0.3 is 5.11 Å². The Bertz CT molecular complexity index is 655. The first-order valence-corrected chi connectivity index (χ1v) is 8.78. The van der Waals surface area contributed by atoms with Crippen LogP contribution in [-0.4, -0.2) is 16.7 Å². The zero-order valence-electron chi connectivity index (χ0n) is 13.5. The van der Waals surface area contributed by atoms with Crippen LogP contribution < -0.4 is 5.43 Å². The molecule has 4 nitrogen and oxygen atoms in total. The number of nitrogens with one attached hydrogen (secondary N) is 1. The van der Waals surface area contributed by atoms with Crippen molar-refractivity contribution in [2.24, 2.45) is 34.7 Å². The average molecular weight is 312 g/mol. The molecule has 0 aromatic heterocycles. The van der Waals surface area contributed by atoms with Crippen molar-refractivity contribution in [3.63, 3.8) is 0 Å². The Morgan fingerprint density at radius 2 is 1.91 bits per heavy atom. The van der Waals surface area contributed by atoms with E-state index in [2.05, 4.69) is 17.5 Å². The Balaban J connectivity index is 1.46. The monoisotopic (exact) mass is 312 g/mol. The van der Waals surface area contributed by atoms with Gasteiger partial charge in [-0.2, -0.15) is 5.10 Å². The van der Waals surface area contributed by atoms with Crippen molar-refractivity contribution >= 4 is 11.6 Å². The van der Waals surface area contributed by atoms with Crippen molar-refractivity contribution in [3.8, 4) is 5.75 Å². The van der Waals surface area contributed by atoms with Gasteiger partial charge in [-0.15, -0.1) is 0 Å². The summed E-state index contributed by atoms with van der Waals surface area (Å²) >= 11 is 0. The van der Waals surface area contributed by atoms with Crippen molar-refractivity contribution in [3.05, 3.63) is 29.8 Å². The van der Waals surface area contributed by atoms with Gasteiger partial charge >= 0.3 is 0 Å². The number of phenolic OH excluding ortho intramolecular Hbond substituents is 1. The first kappa shape index (κ1) is 14.7. The van der Waals surface area contributed by atoms with E-state index < -0.39 is 0 Å². The van der Waals surface area contributed by atoms with Crippen LogP contribution in [0.5, 0.6) is 5.75 Å². The molecule has 3 aliphatic rings. The molecule has 0 unspecified atom stereocenters. The van der Waals surface area contributed by atoms with Gasteiger partial charge in [0, 0.05) is 5.71 Å². The molecule has 0 radical (unpaired) electrons. The Kier molecular flexibility index (Phi) is 3.63. The molecule has 3 saturated carbocycles. The van der Waals surface area contributed by atoms with Crippen molar-refractivity contribution in [1.29, 1.82) is 0 Å². The number of aromatic hydroxyl groups is 1. The van der Waals surface area contributed by atoms with Crippen molar-refractivity contribution < 1.29 is 9.90 Å². The summed E-state index contributed by atoms with van der Waals surface area (Å²) in [6, 6.07) is 6.58. The fourth-order valence-corrected chi connectivity index (χ4v) is 5.21. The molecule has 1 aromatic rings. The highest BCUT2D eigenvalue weighted by Crippen LogP contribution is 2.57. The van der Waals surface area contributed by atoms with E-state index in [0.29, 0.717) is 5.92 Å². The van der Waals surface area contributed by atoms with E-state index in [1.165, 1.54) is 31.7 Å². The van der Waals surface area contributed by atoms with Gasteiger partial charge in [-0.3, -0.25) is 4.79 Å². The molecule has 23 heavy (non-hydrogen) atoms. The van der Waals surface area contributed by atoms with Crippen LogP contribution in [-0.2, 0) is 0 Å². The van der Waals surface area contributed by atoms with Crippen LogP contribution in [0.4, 0.5) is 0 Å². The van der Waals surface area contributed by atoms with E-state index in [9.17, 15) is 9.90 Å². The zero-order valence-corrected chi connectivity index (χ0v) is 13.5. The Hall–Kier alpha value is -1.84. The lowest BCUT2D eigenvalue weighted by Gasteiger charge is -2.38. The summed E-state index contributed by atoms with van der Waals surface area (Å²) in [6.07, 6.45) is 6.48. The van der Waals surface area contributed by atoms with E-state index in [1.54, 1.807) is 18.2 Å². The molecule has 2 N–H and O–H groups in total. The number of carbonyl (C=O) groups excluding carboxylic acids is 1. The number of carbonyl (C=O) groups is 1. The normalized spacial score (nSPS) is 36.9. The highest BCUT2D eigenvalue weighted by molar-refractivity contribution is 5.98. The minimum atomic E-state index is -0.335. The van der Waals surface area contributed by atoms with Gasteiger partial charge in [0.25, 0.3) is 5.91 Å². The molecule has 122 valence electrons. The van der Waals surface area contributed by atoms with E-state index in [0.717, 1.165) is 35.8 Å². The standard InChI is InChI=1S/C19H24N2O2/c1-11-8-15-12-6-7-13(9-12)16(15)10-17(11)20-21-19(23)14-4-2-3-5-18(14)22/h2-5,11-13,15-16,22H,6-10H2,1H3,(H,21,23)/t11-,12+,13+,15-,16-/m0/s1. The second kappa shape index (κ2) is 5.66. The van der Waals surface area contributed by atoms with Gasteiger partial charge in [0.05, 0.1) is 5.56 Å². The predicted molar refractivity (Wildman–Crippen MR) is 89.2 cm³/mol. The number of benzene rings is 1. The summed E-state index contributed by atoms with van der Waals surface area (Å²) in [6.45, 7) is 2.23. The van der Waals surface area contributed by atoms with Gasteiger partial charge in [0.1, 0.15) is 5.75 Å². The summed E-state index contributed by atoms with van der Waals surface area (Å²) in [5.41, 5.74) is 4.06. The molecule has 0 saturated heterocycles. The largest absolute Gasteiger partial charge is 0.507 e. The molecule has 1 amide bonds. The molecule has 4 heteroatoms. The fraction of sp³-hybridized carbons (Fsp3) is 0.579. The zero-order chi connectivity index (χ0) is 16.0. The van der Waals surface area contributed by atoms with Crippen molar-refractivity contribution in [2.45, 2.75) is 39.0 Å². The van der Waals surface area contributed by atoms with Crippen molar-refractivity contribution in [1.82, 2.24) is 5.43 Å². The number of rotatable bonds is 2. The molecule has 1 aromatic carbocycles. The first-order chi connectivity index (χ1) is 11.1. The van der Waals surface area contributed by atoms with Crippen molar-refractivity contribution in [2.75, 3.05) is 0 Å². The highest BCUT2D eigenvalue weighted by atomic mass is 16.3. The van der Waals surface area contributed by atoms with Crippen LogP contribution in [0, 0.1) is 29.6 Å². The van der Waals surface area contributed by atoms with Gasteiger partial charge in [0.15, 0.2) is 0 Å². The van der Waals surface area contributed by atoms with Crippen LogP contribution in [0.3, 0.4) is 0 Å². The quantitative estimate of drug-likeness (QED) is 0.820. The molecule has 5 atom stereocenters. The number of fused-ring (bicyclic) bond motifs is 5.